The molecule has 1 atom stereocenters. The minimum atomic E-state index is -1.16. The van der Waals surface area contributed by atoms with Crippen LogP contribution >= 0.6 is 0 Å². The van der Waals surface area contributed by atoms with Crippen molar-refractivity contribution in [3.63, 3.8) is 0 Å². The molecule has 1 fully saturated rings. The van der Waals surface area contributed by atoms with E-state index in [0.29, 0.717) is 6.61 Å². The summed E-state index contributed by atoms with van der Waals surface area (Å²) in [6, 6.07) is 3.02. The summed E-state index contributed by atoms with van der Waals surface area (Å²) in [4.78, 5) is 37.3. The molecule has 1 aromatic rings. The molecule has 10 nitrogen and oxygen atoms in total. The van der Waals surface area contributed by atoms with Crippen molar-refractivity contribution in [3.05, 3.63) is 17.9 Å². The highest BCUT2D eigenvalue weighted by molar-refractivity contribution is 5.86. The summed E-state index contributed by atoms with van der Waals surface area (Å²) < 4.78 is 15.9. The molecule has 2 heterocycles. The average molecular weight is 583 g/mol. The van der Waals surface area contributed by atoms with E-state index in [1.54, 1.807) is 6.07 Å². The molecular formula is C31H54N2O8+2. The number of nitrogens with zero attached hydrogens (tertiary/aromatic N) is 2. The van der Waals surface area contributed by atoms with Crippen molar-refractivity contribution in [3.8, 4) is 5.95 Å². The highest BCUT2D eigenvalue weighted by atomic mass is 16.6. The zero-order valence-corrected chi connectivity index (χ0v) is 26.0. The van der Waals surface area contributed by atoms with Crippen molar-refractivity contribution in [1.29, 1.82) is 0 Å². The Hall–Kier alpha value is -2.59. The molecule has 0 aromatic carbocycles. The van der Waals surface area contributed by atoms with Gasteiger partial charge < -0.3 is 24.1 Å². The van der Waals surface area contributed by atoms with Gasteiger partial charge in [-0.25, -0.2) is 9.28 Å². The Morgan fingerprint density at radius 2 is 1.34 bits per heavy atom. The SMILES string of the molecule is CCCCCCCCCCCCCCOc1ccc(C(=O)OC(C)[N+]2(C(=O)O)CC[N+](C(=O)O)(C(C)(C)C)CC2)o1. The van der Waals surface area contributed by atoms with E-state index in [0.717, 1.165) is 12.8 Å². The molecule has 1 unspecified atom stereocenters. The van der Waals surface area contributed by atoms with Gasteiger partial charge in [0.1, 0.15) is 31.7 Å². The van der Waals surface area contributed by atoms with Gasteiger partial charge in [-0.1, -0.05) is 77.6 Å². The van der Waals surface area contributed by atoms with Crippen molar-refractivity contribution >= 4 is 18.2 Å². The molecule has 1 aliphatic rings. The molecule has 1 aromatic heterocycles. The lowest BCUT2D eigenvalue weighted by Crippen LogP contribution is -2.76. The Balaban J connectivity index is 1.75. The second kappa shape index (κ2) is 16.2. The van der Waals surface area contributed by atoms with Crippen LogP contribution in [0, 0.1) is 0 Å². The third-order valence-corrected chi connectivity index (χ3v) is 8.79. The van der Waals surface area contributed by atoms with Gasteiger partial charge in [-0.05, 0) is 33.3 Å². The molecule has 1 saturated heterocycles. The van der Waals surface area contributed by atoms with Crippen molar-refractivity contribution in [2.45, 2.75) is 123 Å². The van der Waals surface area contributed by atoms with Crippen LogP contribution in [0.3, 0.4) is 0 Å². The molecule has 0 spiro atoms. The van der Waals surface area contributed by atoms with Crippen LogP contribution in [-0.4, -0.2) is 81.9 Å². The number of ether oxygens (including phenoxy) is 2. The molecule has 0 bridgehead atoms. The number of carboxylic acid groups (broad SMARTS) is 2. The molecule has 1 aliphatic heterocycles. The lowest BCUT2D eigenvalue weighted by molar-refractivity contribution is -1.00. The monoisotopic (exact) mass is 582 g/mol. The number of hydrogen-bond donors (Lipinski definition) is 2. The Bertz CT molecular complexity index is 960. The number of quaternary nitrogens is 2. The third kappa shape index (κ3) is 9.46. The standard InChI is InChI=1S/C31H52N2O8/c1-6-7-8-9-10-11-12-13-14-15-16-17-24-39-27-19-18-26(41-27)28(34)40-25(2)32(29(35)36)20-22-33(23-21-32,30(37)38)31(3,4)5/h18-19,25H,6-17,20-24H2,1-5H3/p+2. The summed E-state index contributed by atoms with van der Waals surface area (Å²) >= 11 is 0. The molecule has 234 valence electrons. The zero-order valence-electron chi connectivity index (χ0n) is 26.0. The van der Waals surface area contributed by atoms with Crippen molar-refractivity contribution in [2.75, 3.05) is 32.8 Å². The lowest BCUT2D eigenvalue weighted by atomic mass is 9.99. The molecule has 2 rings (SSSR count). The van der Waals surface area contributed by atoms with Gasteiger partial charge in [0.15, 0.2) is 0 Å². The number of piperazine rings is 1. The van der Waals surface area contributed by atoms with E-state index in [4.69, 9.17) is 13.9 Å². The first kappa shape index (κ1) is 34.6. The fraction of sp³-hybridized carbons (Fsp3) is 0.774. The molecule has 0 radical (unpaired) electrons. The lowest BCUT2D eigenvalue weighted by Gasteiger charge is -2.50. The number of carbonyl (C=O) groups is 3. The summed E-state index contributed by atoms with van der Waals surface area (Å²) in [6.45, 7) is 9.99. The van der Waals surface area contributed by atoms with Crippen molar-refractivity contribution in [1.82, 2.24) is 0 Å². The van der Waals surface area contributed by atoms with Gasteiger partial charge in [-0.2, -0.15) is 14.1 Å². The minimum absolute atomic E-state index is 0.0128. The van der Waals surface area contributed by atoms with Gasteiger partial charge in [0, 0.05) is 13.0 Å². The van der Waals surface area contributed by atoms with Crippen LogP contribution in [0.2, 0.25) is 0 Å². The van der Waals surface area contributed by atoms with Crippen molar-refractivity contribution in [2.24, 2.45) is 0 Å². The largest absolute Gasteiger partial charge is 0.516 e. The predicted molar refractivity (Wildman–Crippen MR) is 156 cm³/mol. The van der Waals surface area contributed by atoms with Gasteiger partial charge in [-0.3, -0.25) is 0 Å². The van der Waals surface area contributed by atoms with Gasteiger partial charge in [0.2, 0.25) is 12.0 Å². The maximum Gasteiger partial charge on any atom is 0.516 e. The molecule has 41 heavy (non-hydrogen) atoms. The number of hydrogen-bond acceptors (Lipinski definition) is 6. The number of amides is 2. The molecule has 0 aliphatic carbocycles. The summed E-state index contributed by atoms with van der Waals surface area (Å²) in [5, 5.41) is 20.0. The smallest absolute Gasteiger partial charge is 0.465 e. The number of esters is 1. The summed E-state index contributed by atoms with van der Waals surface area (Å²) in [5.41, 5.74) is -0.613. The van der Waals surface area contributed by atoms with Crippen LogP contribution in [0.4, 0.5) is 9.59 Å². The number of rotatable bonds is 17. The molecular weight excluding hydrogens is 528 g/mol. The summed E-state index contributed by atoms with van der Waals surface area (Å²) in [5.74, 6) is -0.620. The van der Waals surface area contributed by atoms with Gasteiger partial charge in [-0.15, -0.1) is 0 Å². The first-order valence-corrected chi connectivity index (χ1v) is 15.5. The maximum absolute atomic E-state index is 12.8. The Morgan fingerprint density at radius 1 is 0.829 bits per heavy atom. The Morgan fingerprint density at radius 3 is 1.80 bits per heavy atom. The van der Waals surface area contributed by atoms with E-state index < -0.39 is 34.4 Å². The molecule has 0 saturated carbocycles. The van der Waals surface area contributed by atoms with Gasteiger partial charge >= 0.3 is 18.2 Å². The molecule has 2 amide bonds. The topological polar surface area (TPSA) is 123 Å². The van der Waals surface area contributed by atoms with Gasteiger partial charge in [0.05, 0.1) is 6.61 Å². The van der Waals surface area contributed by atoms with E-state index in [1.165, 1.54) is 77.2 Å². The highest BCUT2D eigenvalue weighted by Gasteiger charge is 2.58. The Kier molecular flexibility index (Phi) is 13.6. The van der Waals surface area contributed by atoms with Crippen LogP contribution in [0.1, 0.15) is 122 Å². The van der Waals surface area contributed by atoms with Gasteiger partial charge in [0.25, 0.3) is 5.95 Å². The van der Waals surface area contributed by atoms with E-state index in [1.807, 2.05) is 20.8 Å². The number of furan rings is 1. The Labute approximate surface area is 245 Å². The fourth-order valence-corrected chi connectivity index (χ4v) is 5.72. The van der Waals surface area contributed by atoms with E-state index >= 15 is 0 Å². The second-order valence-corrected chi connectivity index (χ2v) is 12.5. The summed E-state index contributed by atoms with van der Waals surface area (Å²) in [7, 11) is 0. The number of carbonyl (C=O) groups excluding carboxylic acids is 1. The normalized spacial score (nSPS) is 21.8. The number of unbranched alkanes of at least 4 members (excludes halogenated alkanes) is 11. The highest BCUT2D eigenvalue weighted by Crippen LogP contribution is 2.32. The van der Waals surface area contributed by atoms with E-state index in [9.17, 15) is 24.6 Å². The third-order valence-electron chi connectivity index (χ3n) is 8.79. The van der Waals surface area contributed by atoms with E-state index in [-0.39, 0.29) is 42.4 Å². The maximum atomic E-state index is 12.8. The average Bonchev–Trinajstić information content (AvgIpc) is 3.39. The first-order valence-electron chi connectivity index (χ1n) is 15.5. The van der Waals surface area contributed by atoms with Crippen LogP contribution < -0.4 is 4.74 Å². The van der Waals surface area contributed by atoms with Crippen LogP contribution in [0.15, 0.2) is 16.5 Å². The first-order chi connectivity index (χ1) is 19.4. The minimum Gasteiger partial charge on any atom is -0.465 e. The zero-order chi connectivity index (χ0) is 30.5. The fourth-order valence-electron chi connectivity index (χ4n) is 5.72. The molecule has 10 heteroatoms. The molecule has 2 N–H and O–H groups in total. The van der Waals surface area contributed by atoms with Crippen LogP contribution in [0.5, 0.6) is 5.95 Å². The second-order valence-electron chi connectivity index (χ2n) is 12.5. The van der Waals surface area contributed by atoms with Crippen molar-refractivity contribution < 1.29 is 47.5 Å². The predicted octanol–water partition coefficient (Wildman–Crippen LogP) is 7.66. The van der Waals surface area contributed by atoms with Crippen LogP contribution in [-0.2, 0) is 4.74 Å². The quantitative estimate of drug-likeness (QED) is 0.109. The van der Waals surface area contributed by atoms with Crippen LogP contribution in [0.25, 0.3) is 0 Å². The summed E-state index contributed by atoms with van der Waals surface area (Å²) in [6.07, 6.45) is 11.9. The van der Waals surface area contributed by atoms with E-state index in [2.05, 4.69) is 6.92 Å².